The molecule has 1 heterocycles. The van der Waals surface area contributed by atoms with E-state index < -0.39 is 78.0 Å². The highest BCUT2D eigenvalue weighted by Gasteiger charge is 2.63. The highest BCUT2D eigenvalue weighted by molar-refractivity contribution is 7.09. The van der Waals surface area contributed by atoms with E-state index in [9.17, 15) is 50.6 Å². The van der Waals surface area contributed by atoms with Crippen molar-refractivity contribution < 1.29 is 55.4 Å². The third-order valence-corrected chi connectivity index (χ3v) is 9.92. The van der Waals surface area contributed by atoms with Gasteiger partial charge in [-0.15, -0.1) is 11.3 Å². The third kappa shape index (κ3) is 14.5. The molecule has 1 aromatic heterocycles. The van der Waals surface area contributed by atoms with Crippen molar-refractivity contribution in [1.82, 2.24) is 25.8 Å². The molecule has 18 heteroatoms. The second kappa shape index (κ2) is 21.4. The van der Waals surface area contributed by atoms with Crippen LogP contribution in [0.4, 0.5) is 26.3 Å². The number of aromatic nitrogens is 1. The van der Waals surface area contributed by atoms with Crippen molar-refractivity contribution in [1.29, 1.82) is 0 Å². The van der Waals surface area contributed by atoms with Crippen molar-refractivity contribution in [3.63, 3.8) is 0 Å². The van der Waals surface area contributed by atoms with Crippen LogP contribution in [0.1, 0.15) is 86.5 Å². The number of aliphatic hydroxyl groups is 1. The minimum Gasteiger partial charge on any atom is -0.469 e. The van der Waals surface area contributed by atoms with Crippen molar-refractivity contribution in [2.75, 3.05) is 27.7 Å². The second-order valence-corrected chi connectivity index (χ2v) is 14.5. The molecule has 11 nitrogen and oxygen atoms in total. The van der Waals surface area contributed by atoms with Crippen molar-refractivity contribution in [2.24, 2.45) is 17.8 Å². The minimum atomic E-state index is -5.93. The molecule has 0 radical (unpaired) electrons. The summed E-state index contributed by atoms with van der Waals surface area (Å²) < 4.78 is 88.5. The van der Waals surface area contributed by atoms with Crippen molar-refractivity contribution in [3.05, 3.63) is 52.0 Å². The molecule has 0 unspecified atom stereocenters. The fourth-order valence-electron chi connectivity index (χ4n) is 6.07. The molecule has 1 aromatic carbocycles. The van der Waals surface area contributed by atoms with E-state index in [1.165, 1.54) is 12.5 Å². The van der Waals surface area contributed by atoms with Gasteiger partial charge in [-0.25, -0.2) is 4.98 Å². The molecule has 0 saturated heterocycles. The summed E-state index contributed by atoms with van der Waals surface area (Å²) in [5.41, 5.74) is 0.821. The number of hydrogen-bond acceptors (Lipinski definition) is 9. The number of carbonyl (C=O) groups is 4. The highest BCUT2D eigenvalue weighted by atomic mass is 32.1. The van der Waals surface area contributed by atoms with E-state index in [-0.39, 0.29) is 36.4 Å². The average Bonchev–Trinajstić information content (AvgIpc) is 3.59. The smallest absolute Gasteiger partial charge is 0.403 e. The summed E-state index contributed by atoms with van der Waals surface area (Å²) in [6, 6.07) is 4.57. The molecule has 0 aliphatic carbocycles. The zero-order valence-corrected chi connectivity index (χ0v) is 32.0. The number of carbonyl (C=O) groups excluding carboxylic acids is 4. The first-order valence-corrected chi connectivity index (χ1v) is 18.5. The Morgan fingerprint density at radius 3 is 2.13 bits per heavy atom. The van der Waals surface area contributed by atoms with E-state index in [2.05, 4.69) is 15.6 Å². The zero-order valence-electron chi connectivity index (χ0n) is 31.2. The number of halogens is 6. The first-order valence-electron chi connectivity index (χ1n) is 17.6. The van der Waals surface area contributed by atoms with E-state index in [1.54, 1.807) is 33.1 Å². The summed E-state index contributed by atoms with van der Waals surface area (Å²) >= 11 is 0.894. The number of likely N-dealkylation sites (N-methyl/N-ethyl adjacent to an activating group) is 1. The first-order chi connectivity index (χ1) is 25.2. The van der Waals surface area contributed by atoms with Gasteiger partial charge in [-0.05, 0) is 50.8 Å². The zero-order chi connectivity index (χ0) is 40.8. The van der Waals surface area contributed by atoms with Gasteiger partial charge in [-0.3, -0.25) is 19.2 Å². The predicted octanol–water partition coefficient (Wildman–Crippen LogP) is 5.60. The van der Waals surface area contributed by atoms with Gasteiger partial charge in [0, 0.05) is 37.4 Å². The summed E-state index contributed by atoms with van der Waals surface area (Å²) in [4.78, 5) is 56.5. The second-order valence-electron chi connectivity index (χ2n) is 13.6. The summed E-state index contributed by atoms with van der Waals surface area (Å²) in [5.74, 6) is -9.16. The number of amides is 3. The Kier molecular flexibility index (Phi) is 18.3. The van der Waals surface area contributed by atoms with Crippen LogP contribution in [-0.4, -0.2) is 96.9 Å². The maximum absolute atomic E-state index is 13.9. The fraction of sp³-hybridized carbons (Fsp3) is 0.639. The van der Waals surface area contributed by atoms with Crippen LogP contribution >= 0.6 is 11.3 Å². The lowest BCUT2D eigenvalue weighted by molar-refractivity contribution is -0.290. The van der Waals surface area contributed by atoms with Crippen LogP contribution in [-0.2, 0) is 25.5 Å². The van der Waals surface area contributed by atoms with Gasteiger partial charge >= 0.3 is 18.3 Å². The molecule has 3 amide bonds. The van der Waals surface area contributed by atoms with Crippen LogP contribution in [0.25, 0.3) is 0 Å². The van der Waals surface area contributed by atoms with E-state index >= 15 is 0 Å². The van der Waals surface area contributed by atoms with E-state index in [4.69, 9.17) is 4.74 Å². The number of ether oxygens (including phenoxy) is 1. The normalized spacial score (nSPS) is 14.9. The Hall–Kier alpha value is -3.77. The van der Waals surface area contributed by atoms with Crippen LogP contribution in [0.15, 0.2) is 35.7 Å². The summed E-state index contributed by atoms with van der Waals surface area (Å²) in [6.07, 6.45) is -12.2. The SMILES string of the molecule is CNCCCCCC(=O)N[C@H](C(=O)N(C)[C@H](C[C@@H](O)c1nc(C(=O)N[C@@H](Cc2ccccc2)C[C@H](C)C(=O)OC)cs1)C(C)C)C(C(F)(F)F)C(F)(F)F. The lowest BCUT2D eigenvalue weighted by atomic mass is 9.92. The molecule has 0 aliphatic rings. The molecule has 0 bridgehead atoms. The Morgan fingerprint density at radius 2 is 1.57 bits per heavy atom. The Morgan fingerprint density at radius 1 is 0.944 bits per heavy atom. The number of thiazole rings is 1. The third-order valence-electron chi connectivity index (χ3n) is 8.97. The standard InChI is InChI=1S/C36H51F6N5O6S/c1-21(2)26(47(5)33(51)29(30(35(37,38)39)36(40,41)42)46-28(49)15-11-8-12-16-43-4)19-27(48)32-45-25(20-54-32)31(50)44-24(17-22(3)34(52)53-6)18-23-13-9-7-10-14-23/h7,9-10,13-14,20-22,24,26-27,29-30,43,48H,8,11-12,15-19H2,1-6H3,(H,44,50)(H,46,49)/t22-,24+,26+,27+,29-/m0/s1. The number of benzene rings is 1. The number of alkyl halides is 6. The number of methoxy groups -OCH3 is 1. The molecular weight excluding hydrogens is 744 g/mol. The monoisotopic (exact) mass is 795 g/mol. The van der Waals surface area contributed by atoms with E-state index in [1.807, 2.05) is 30.3 Å². The molecule has 2 rings (SSSR count). The van der Waals surface area contributed by atoms with Crippen LogP contribution in [0.2, 0.25) is 0 Å². The van der Waals surface area contributed by atoms with Crippen molar-refractivity contribution >= 4 is 35.0 Å². The Bertz CT molecular complexity index is 1480. The number of rotatable bonds is 21. The van der Waals surface area contributed by atoms with E-state index in [0.29, 0.717) is 30.7 Å². The molecular formula is C36H51F6N5O6S. The molecule has 0 aliphatic heterocycles. The van der Waals surface area contributed by atoms with Gasteiger partial charge in [0.2, 0.25) is 11.8 Å². The molecule has 5 atom stereocenters. The Balaban J connectivity index is 2.28. The largest absolute Gasteiger partial charge is 0.469 e. The van der Waals surface area contributed by atoms with Gasteiger partial charge in [0.15, 0.2) is 5.92 Å². The first kappa shape index (κ1) is 46.4. The number of unbranched alkanes of at least 4 members (excludes halogenated alkanes) is 2. The maximum Gasteiger partial charge on any atom is 0.403 e. The number of nitrogens with zero attached hydrogens (tertiary/aromatic N) is 2. The number of nitrogens with one attached hydrogen (secondary N) is 3. The molecule has 304 valence electrons. The number of hydrogen-bond donors (Lipinski definition) is 4. The van der Waals surface area contributed by atoms with Gasteiger partial charge in [0.05, 0.1) is 13.0 Å². The number of aliphatic hydroxyl groups excluding tert-OH is 1. The lowest BCUT2D eigenvalue weighted by Gasteiger charge is -2.38. The van der Waals surface area contributed by atoms with Crippen molar-refractivity contribution in [2.45, 2.75) is 102 Å². The van der Waals surface area contributed by atoms with Crippen LogP contribution in [0.3, 0.4) is 0 Å². The van der Waals surface area contributed by atoms with Crippen LogP contribution < -0.4 is 16.0 Å². The summed E-state index contributed by atoms with van der Waals surface area (Å²) in [5, 5.41) is 20.0. The molecule has 4 N–H and O–H groups in total. The number of esters is 1. The maximum atomic E-state index is 13.9. The molecule has 54 heavy (non-hydrogen) atoms. The van der Waals surface area contributed by atoms with Gasteiger partial charge in [0.1, 0.15) is 22.8 Å². The molecule has 2 aromatic rings. The van der Waals surface area contributed by atoms with Gasteiger partial charge < -0.3 is 30.7 Å². The molecule has 0 fully saturated rings. The summed E-state index contributed by atoms with van der Waals surface area (Å²) in [6.45, 7) is 5.39. The fourth-order valence-corrected chi connectivity index (χ4v) is 6.87. The highest BCUT2D eigenvalue weighted by Crippen LogP contribution is 2.42. The average molecular weight is 796 g/mol. The van der Waals surface area contributed by atoms with Gasteiger partial charge in [-0.2, -0.15) is 26.3 Å². The molecule has 0 saturated carbocycles. The molecule has 0 spiro atoms. The van der Waals surface area contributed by atoms with Crippen LogP contribution in [0, 0.1) is 17.8 Å². The van der Waals surface area contributed by atoms with Crippen LogP contribution in [0.5, 0.6) is 0 Å². The summed E-state index contributed by atoms with van der Waals surface area (Å²) in [7, 11) is 3.98. The van der Waals surface area contributed by atoms with Gasteiger partial charge in [-0.1, -0.05) is 57.5 Å². The topological polar surface area (TPSA) is 150 Å². The minimum absolute atomic E-state index is 0.0146. The van der Waals surface area contributed by atoms with E-state index in [0.717, 1.165) is 23.9 Å². The van der Waals surface area contributed by atoms with Gasteiger partial charge in [0.25, 0.3) is 5.91 Å². The quantitative estimate of drug-likeness (QED) is 0.0726. The Labute approximate surface area is 315 Å². The lowest BCUT2D eigenvalue weighted by Crippen LogP contribution is -2.60. The predicted molar refractivity (Wildman–Crippen MR) is 190 cm³/mol. The van der Waals surface area contributed by atoms with Crippen molar-refractivity contribution in [3.8, 4) is 0 Å².